The zero-order chi connectivity index (χ0) is 14.6. The Morgan fingerprint density at radius 2 is 1.84 bits per heavy atom. The van der Waals surface area contributed by atoms with Crippen LogP contribution < -0.4 is 5.32 Å². The molecule has 0 saturated carbocycles. The predicted molar refractivity (Wildman–Crippen MR) is 85.2 cm³/mol. The van der Waals surface area contributed by atoms with Gasteiger partial charge >= 0.3 is 0 Å². The van der Waals surface area contributed by atoms with Crippen LogP contribution in [0.3, 0.4) is 0 Å². The first kappa shape index (κ1) is 16.3. The molecule has 0 aliphatic rings. The molecule has 3 nitrogen and oxygen atoms in total. The number of anilines is 1. The van der Waals surface area contributed by atoms with Crippen molar-refractivity contribution in [2.45, 2.75) is 58.4 Å². The zero-order valence-corrected chi connectivity index (χ0v) is 14.1. The summed E-state index contributed by atoms with van der Waals surface area (Å²) in [7, 11) is 1.92. The fourth-order valence-corrected chi connectivity index (χ4v) is 2.85. The Bertz CT molecular complexity index is 422. The Kier molecular flexibility index (Phi) is 5.65. The minimum Gasteiger partial charge on any atom is -0.373 e. The predicted octanol–water partition coefficient (Wildman–Crippen LogP) is 4.26. The lowest BCUT2D eigenvalue weighted by molar-refractivity contribution is 0.538. The second-order valence-electron chi connectivity index (χ2n) is 6.36. The van der Waals surface area contributed by atoms with E-state index >= 15 is 0 Å². The van der Waals surface area contributed by atoms with Crippen LogP contribution in [0, 0.1) is 12.8 Å². The van der Waals surface area contributed by atoms with Crippen LogP contribution in [0.25, 0.3) is 0 Å². The normalized spacial score (nSPS) is 12.0. The maximum absolute atomic E-state index is 4.76. The van der Waals surface area contributed by atoms with E-state index in [4.69, 9.17) is 4.98 Å². The summed E-state index contributed by atoms with van der Waals surface area (Å²) in [4.78, 5) is 9.39. The molecule has 0 amide bonds. The van der Waals surface area contributed by atoms with Gasteiger partial charge in [-0.15, -0.1) is 11.8 Å². The number of nitrogens with zero attached hydrogens (tertiary/aromatic N) is 2. The van der Waals surface area contributed by atoms with Crippen LogP contribution in [-0.2, 0) is 5.41 Å². The molecule has 0 unspecified atom stereocenters. The highest BCUT2D eigenvalue weighted by Gasteiger charge is 2.20. The van der Waals surface area contributed by atoms with Crippen LogP contribution in [0.15, 0.2) is 5.03 Å². The summed E-state index contributed by atoms with van der Waals surface area (Å²) in [6, 6.07) is 0. The van der Waals surface area contributed by atoms with Gasteiger partial charge in [0, 0.05) is 18.0 Å². The minimum absolute atomic E-state index is 0.0212. The second kappa shape index (κ2) is 6.60. The van der Waals surface area contributed by atoms with E-state index in [1.54, 1.807) is 0 Å². The minimum atomic E-state index is -0.0212. The highest BCUT2D eigenvalue weighted by molar-refractivity contribution is 7.99. The fraction of sp³-hybridized carbons (Fsp3) is 0.733. The van der Waals surface area contributed by atoms with Gasteiger partial charge in [-0.1, -0.05) is 34.6 Å². The Hall–Kier alpha value is -0.770. The quantitative estimate of drug-likeness (QED) is 0.646. The van der Waals surface area contributed by atoms with E-state index in [0.29, 0.717) is 0 Å². The number of rotatable bonds is 5. The van der Waals surface area contributed by atoms with E-state index in [2.05, 4.69) is 51.8 Å². The maximum Gasteiger partial charge on any atom is 0.137 e. The van der Waals surface area contributed by atoms with E-state index in [1.807, 2.05) is 18.8 Å². The average molecular weight is 281 g/mol. The van der Waals surface area contributed by atoms with Crippen LogP contribution in [-0.4, -0.2) is 22.8 Å². The first-order valence-corrected chi connectivity index (χ1v) is 7.94. The molecule has 108 valence electrons. The van der Waals surface area contributed by atoms with Crippen molar-refractivity contribution in [2.75, 3.05) is 18.1 Å². The molecular weight excluding hydrogens is 254 g/mol. The second-order valence-corrected chi connectivity index (χ2v) is 7.44. The summed E-state index contributed by atoms with van der Waals surface area (Å²) in [5, 5.41) is 4.30. The molecular formula is C15H27N3S. The summed E-state index contributed by atoms with van der Waals surface area (Å²) in [5.41, 5.74) is 1.14. The van der Waals surface area contributed by atoms with Gasteiger partial charge in [0.25, 0.3) is 0 Å². The van der Waals surface area contributed by atoms with Crippen LogP contribution in [0.4, 0.5) is 5.82 Å². The van der Waals surface area contributed by atoms with Crippen molar-refractivity contribution in [3.8, 4) is 0 Å². The summed E-state index contributed by atoms with van der Waals surface area (Å²) in [6.07, 6.45) is 1.22. The summed E-state index contributed by atoms with van der Waals surface area (Å²) < 4.78 is 0. The first-order valence-electron chi connectivity index (χ1n) is 6.95. The number of thioether (sulfide) groups is 1. The third-order valence-electron chi connectivity index (χ3n) is 2.94. The largest absolute Gasteiger partial charge is 0.373 e. The lowest BCUT2D eigenvalue weighted by Crippen LogP contribution is -2.18. The van der Waals surface area contributed by atoms with E-state index in [0.717, 1.165) is 33.9 Å². The molecule has 0 aromatic carbocycles. The Labute approximate surface area is 122 Å². The van der Waals surface area contributed by atoms with Crippen LogP contribution in [0.2, 0.25) is 0 Å². The number of hydrogen-bond donors (Lipinski definition) is 1. The van der Waals surface area contributed by atoms with E-state index in [1.165, 1.54) is 6.42 Å². The first-order chi connectivity index (χ1) is 8.75. The number of nitrogens with one attached hydrogen (secondary N) is 1. The van der Waals surface area contributed by atoms with Crippen molar-refractivity contribution < 1.29 is 0 Å². The van der Waals surface area contributed by atoms with Crippen LogP contribution >= 0.6 is 11.8 Å². The van der Waals surface area contributed by atoms with Crippen molar-refractivity contribution >= 4 is 17.6 Å². The maximum atomic E-state index is 4.76. The number of aromatic nitrogens is 2. The molecule has 0 atom stereocenters. The summed E-state index contributed by atoms with van der Waals surface area (Å²) in [6.45, 7) is 13.1. The molecule has 1 rings (SSSR count). The van der Waals surface area contributed by atoms with Crippen molar-refractivity contribution in [3.63, 3.8) is 0 Å². The molecule has 0 spiro atoms. The van der Waals surface area contributed by atoms with Gasteiger partial charge < -0.3 is 5.32 Å². The molecule has 4 heteroatoms. The highest BCUT2D eigenvalue weighted by atomic mass is 32.2. The standard InChI is InChI=1S/C15H27N3S/c1-10(2)8-9-19-13-11(3)12(16-7)17-14(18-13)15(4,5)6/h10H,8-9H2,1-7H3,(H,16,17,18). The molecule has 19 heavy (non-hydrogen) atoms. The van der Waals surface area contributed by atoms with Gasteiger partial charge in [-0.25, -0.2) is 9.97 Å². The summed E-state index contributed by atoms with van der Waals surface area (Å²) in [5.74, 6) is 3.71. The average Bonchev–Trinajstić information content (AvgIpc) is 2.29. The van der Waals surface area contributed by atoms with Gasteiger partial charge in [0.2, 0.25) is 0 Å². The number of hydrogen-bond acceptors (Lipinski definition) is 4. The van der Waals surface area contributed by atoms with Gasteiger partial charge in [-0.2, -0.15) is 0 Å². The van der Waals surface area contributed by atoms with Crippen molar-refractivity contribution in [3.05, 3.63) is 11.4 Å². The van der Waals surface area contributed by atoms with E-state index in [-0.39, 0.29) is 5.41 Å². The Morgan fingerprint density at radius 1 is 1.21 bits per heavy atom. The monoisotopic (exact) mass is 281 g/mol. The van der Waals surface area contributed by atoms with Crippen LogP contribution in [0.5, 0.6) is 0 Å². The Balaban J connectivity index is 3.01. The van der Waals surface area contributed by atoms with Crippen molar-refractivity contribution in [2.24, 2.45) is 5.92 Å². The van der Waals surface area contributed by atoms with E-state index in [9.17, 15) is 0 Å². The molecule has 0 saturated heterocycles. The van der Waals surface area contributed by atoms with Crippen LogP contribution in [0.1, 0.15) is 52.4 Å². The fourth-order valence-electron chi connectivity index (χ4n) is 1.61. The third kappa shape index (κ3) is 4.68. The van der Waals surface area contributed by atoms with Gasteiger partial charge in [0.1, 0.15) is 16.7 Å². The van der Waals surface area contributed by atoms with Crippen molar-refractivity contribution in [1.82, 2.24) is 9.97 Å². The smallest absolute Gasteiger partial charge is 0.137 e. The molecule has 1 N–H and O–H groups in total. The van der Waals surface area contributed by atoms with E-state index < -0.39 is 0 Å². The topological polar surface area (TPSA) is 37.8 Å². The molecule has 1 aromatic heterocycles. The van der Waals surface area contributed by atoms with Gasteiger partial charge in [0.15, 0.2) is 0 Å². The molecule has 0 fully saturated rings. The van der Waals surface area contributed by atoms with Crippen molar-refractivity contribution in [1.29, 1.82) is 0 Å². The zero-order valence-electron chi connectivity index (χ0n) is 13.3. The van der Waals surface area contributed by atoms with Gasteiger partial charge in [-0.05, 0) is 25.0 Å². The molecule has 0 aliphatic carbocycles. The van der Waals surface area contributed by atoms with Gasteiger partial charge in [-0.3, -0.25) is 0 Å². The molecule has 0 radical (unpaired) electrons. The third-order valence-corrected chi connectivity index (χ3v) is 4.05. The Morgan fingerprint density at radius 3 is 2.32 bits per heavy atom. The molecule has 1 heterocycles. The molecule has 0 aliphatic heterocycles. The molecule has 1 aromatic rings. The lowest BCUT2D eigenvalue weighted by Gasteiger charge is -2.20. The highest BCUT2D eigenvalue weighted by Crippen LogP contribution is 2.29. The lowest BCUT2D eigenvalue weighted by atomic mass is 9.95. The SMILES string of the molecule is CNc1nc(C(C)(C)C)nc(SCCC(C)C)c1C. The summed E-state index contributed by atoms with van der Waals surface area (Å²) >= 11 is 1.84. The van der Waals surface area contributed by atoms with Gasteiger partial charge in [0.05, 0.1) is 0 Å². The molecule has 0 bridgehead atoms.